The topological polar surface area (TPSA) is 129 Å². The van der Waals surface area contributed by atoms with Crippen LogP contribution in [0.5, 0.6) is 0 Å². The van der Waals surface area contributed by atoms with E-state index in [2.05, 4.69) is 0 Å². The number of hydrogen-bond donors (Lipinski definition) is 1. The Balaban J connectivity index is 2.38. The molecule has 1 aliphatic rings. The van der Waals surface area contributed by atoms with Gasteiger partial charge in [0.25, 0.3) is 0 Å². The van der Waals surface area contributed by atoms with Crippen molar-refractivity contribution in [1.82, 2.24) is 0 Å². The smallest absolute Gasteiger partial charge is 0.341 e. The number of nitrogens with zero attached hydrogens (tertiary/aromatic N) is 1. The summed E-state index contributed by atoms with van der Waals surface area (Å²) in [6.45, 7) is 5.28. The molecule has 0 spiro atoms. The van der Waals surface area contributed by atoms with Crippen molar-refractivity contribution in [2.75, 3.05) is 6.61 Å². The van der Waals surface area contributed by atoms with Crippen molar-refractivity contribution in [1.29, 1.82) is 0 Å². The van der Waals surface area contributed by atoms with Crippen LogP contribution in [0.1, 0.15) is 75.9 Å². The van der Waals surface area contributed by atoms with Crippen molar-refractivity contribution in [2.45, 2.75) is 83.8 Å². The average molecular weight is 467 g/mol. The van der Waals surface area contributed by atoms with Gasteiger partial charge in [0.05, 0.1) is 0 Å². The molecule has 1 aromatic rings. The highest BCUT2D eigenvalue weighted by Crippen LogP contribution is 2.32. The molecule has 0 aliphatic carbocycles. The summed E-state index contributed by atoms with van der Waals surface area (Å²) >= 11 is 0. The normalized spacial score (nSPS) is 21.9. The Kier molecular flexibility index (Phi) is 10.2. The van der Waals surface area contributed by atoms with Crippen LogP contribution in [0.3, 0.4) is 0 Å². The standard InChI is InChI=1S/C23H31NO9/c1-4-8-17(25)30-14-16-20(32-18(26)9-5-2)21(33-19(27)10-6-3)22(31-16)24-12-7-11-15(13-24)23(28)29/h7,11-13,16,20-22H,4-6,8-10,14H2,1-3H3/p+1/t16-,20-,21-,22-/m1/s1. The van der Waals surface area contributed by atoms with Crippen LogP contribution in [-0.2, 0) is 33.3 Å². The quantitative estimate of drug-likeness (QED) is 0.280. The van der Waals surface area contributed by atoms with Crippen LogP contribution in [0.2, 0.25) is 0 Å². The molecule has 0 amide bonds. The predicted octanol–water partition coefficient (Wildman–Crippen LogP) is 2.34. The highest BCUT2D eigenvalue weighted by atomic mass is 16.7. The Bertz CT molecular complexity index is 841. The minimum atomic E-state index is -1.14. The zero-order valence-corrected chi connectivity index (χ0v) is 19.2. The number of rotatable bonds is 12. The second-order valence-corrected chi connectivity index (χ2v) is 7.75. The van der Waals surface area contributed by atoms with Gasteiger partial charge in [0.2, 0.25) is 6.10 Å². The van der Waals surface area contributed by atoms with Gasteiger partial charge in [-0.25, -0.2) is 4.79 Å². The number of aromatic carboxylic acids is 1. The molecule has 0 bridgehead atoms. The Hall–Kier alpha value is -3.01. The van der Waals surface area contributed by atoms with E-state index >= 15 is 0 Å². The summed E-state index contributed by atoms with van der Waals surface area (Å²) < 4.78 is 24.0. The van der Waals surface area contributed by atoms with E-state index in [1.54, 1.807) is 6.20 Å². The Morgan fingerprint density at radius 1 is 0.939 bits per heavy atom. The van der Waals surface area contributed by atoms with Crippen molar-refractivity contribution in [2.24, 2.45) is 0 Å². The Labute approximate surface area is 192 Å². The van der Waals surface area contributed by atoms with E-state index in [1.807, 2.05) is 20.8 Å². The third-order valence-corrected chi connectivity index (χ3v) is 4.95. The van der Waals surface area contributed by atoms with Crippen molar-refractivity contribution in [3.05, 3.63) is 30.1 Å². The van der Waals surface area contributed by atoms with Gasteiger partial charge in [-0.05, 0) is 25.3 Å². The summed E-state index contributed by atoms with van der Waals surface area (Å²) in [4.78, 5) is 48.0. The first-order chi connectivity index (χ1) is 15.8. The molecule has 0 unspecified atom stereocenters. The zero-order chi connectivity index (χ0) is 24.4. The summed E-state index contributed by atoms with van der Waals surface area (Å²) in [6, 6.07) is 2.93. The van der Waals surface area contributed by atoms with Crippen LogP contribution in [0.4, 0.5) is 0 Å². The molecule has 10 nitrogen and oxygen atoms in total. The average Bonchev–Trinajstić information content (AvgIpc) is 3.09. The largest absolute Gasteiger partial charge is 0.477 e. The van der Waals surface area contributed by atoms with Gasteiger partial charge in [-0.2, -0.15) is 4.57 Å². The SMILES string of the molecule is CCCC(=O)OC[C@H]1O[C@@H]([n+]2cccc(C(=O)O)c2)[C@H](OC(=O)CCC)[C@@H]1OC(=O)CCC. The maximum atomic E-state index is 12.4. The van der Waals surface area contributed by atoms with Crippen molar-refractivity contribution in [3.8, 4) is 0 Å². The van der Waals surface area contributed by atoms with Gasteiger partial charge < -0.3 is 24.1 Å². The summed E-state index contributed by atoms with van der Waals surface area (Å²) in [5.74, 6) is -2.58. The molecule has 1 aromatic heterocycles. The summed E-state index contributed by atoms with van der Waals surface area (Å²) in [7, 11) is 0. The van der Waals surface area contributed by atoms with Gasteiger partial charge in [-0.15, -0.1) is 0 Å². The Morgan fingerprint density at radius 3 is 2.09 bits per heavy atom. The van der Waals surface area contributed by atoms with Gasteiger partial charge in [0, 0.05) is 25.3 Å². The third-order valence-electron chi connectivity index (χ3n) is 4.95. The number of carbonyl (C=O) groups excluding carboxylic acids is 3. The lowest BCUT2D eigenvalue weighted by atomic mass is 10.1. The van der Waals surface area contributed by atoms with E-state index in [0.717, 1.165) is 0 Å². The lowest BCUT2D eigenvalue weighted by Gasteiger charge is -2.22. The second kappa shape index (κ2) is 12.9. The van der Waals surface area contributed by atoms with E-state index in [1.165, 1.54) is 22.9 Å². The van der Waals surface area contributed by atoms with Crippen molar-refractivity contribution in [3.63, 3.8) is 0 Å². The number of hydrogen-bond acceptors (Lipinski definition) is 8. The van der Waals surface area contributed by atoms with Crippen LogP contribution in [0, 0.1) is 0 Å². The first-order valence-electron chi connectivity index (χ1n) is 11.2. The van der Waals surface area contributed by atoms with Crippen molar-refractivity contribution < 1.29 is 47.8 Å². The summed E-state index contributed by atoms with van der Waals surface area (Å²) in [6.07, 6.45) is 1.15. The molecule has 1 fully saturated rings. The minimum Gasteiger partial charge on any atom is -0.477 e. The number of ether oxygens (including phenoxy) is 4. The van der Waals surface area contributed by atoms with E-state index in [-0.39, 0.29) is 31.4 Å². The first-order valence-corrected chi connectivity index (χ1v) is 11.2. The van der Waals surface area contributed by atoms with Gasteiger partial charge in [0.1, 0.15) is 18.3 Å². The molecule has 1 N–H and O–H groups in total. The number of pyridine rings is 1. The van der Waals surface area contributed by atoms with Crippen molar-refractivity contribution >= 4 is 23.9 Å². The van der Waals surface area contributed by atoms with E-state index in [9.17, 15) is 24.3 Å². The van der Waals surface area contributed by atoms with Crippen LogP contribution in [0.25, 0.3) is 0 Å². The van der Waals surface area contributed by atoms with Crippen LogP contribution in [0.15, 0.2) is 24.5 Å². The van der Waals surface area contributed by atoms with Gasteiger partial charge >= 0.3 is 30.1 Å². The lowest BCUT2D eigenvalue weighted by Crippen LogP contribution is -2.49. The van der Waals surface area contributed by atoms with E-state index in [0.29, 0.717) is 19.3 Å². The zero-order valence-electron chi connectivity index (χ0n) is 19.2. The van der Waals surface area contributed by atoms with Crippen LogP contribution < -0.4 is 4.57 Å². The second-order valence-electron chi connectivity index (χ2n) is 7.75. The number of carboxylic acid groups (broad SMARTS) is 1. The molecule has 0 radical (unpaired) electrons. The molecular weight excluding hydrogens is 434 g/mol. The highest BCUT2D eigenvalue weighted by molar-refractivity contribution is 5.86. The lowest BCUT2D eigenvalue weighted by molar-refractivity contribution is -0.765. The summed E-state index contributed by atoms with van der Waals surface area (Å²) in [5.41, 5.74) is -0.00270. The monoisotopic (exact) mass is 466 g/mol. The molecular formula is C23H32NO9+. The molecule has 2 rings (SSSR count). The number of aromatic nitrogens is 1. The van der Waals surface area contributed by atoms with Gasteiger partial charge in [0.15, 0.2) is 18.5 Å². The third kappa shape index (κ3) is 7.52. The maximum absolute atomic E-state index is 12.4. The molecule has 182 valence electrons. The number of esters is 3. The number of carbonyl (C=O) groups is 4. The highest BCUT2D eigenvalue weighted by Gasteiger charge is 2.55. The fourth-order valence-electron chi connectivity index (χ4n) is 3.41. The molecule has 1 saturated heterocycles. The predicted molar refractivity (Wildman–Crippen MR) is 113 cm³/mol. The number of carboxylic acids is 1. The van der Waals surface area contributed by atoms with Crippen LogP contribution in [-0.4, -0.2) is 53.9 Å². The Morgan fingerprint density at radius 2 is 1.52 bits per heavy atom. The fourth-order valence-corrected chi connectivity index (χ4v) is 3.41. The minimum absolute atomic E-state index is 0.00270. The first kappa shape index (κ1) is 26.2. The fraction of sp³-hybridized carbons (Fsp3) is 0.609. The van der Waals surface area contributed by atoms with E-state index in [4.69, 9.17) is 18.9 Å². The summed E-state index contributed by atoms with van der Waals surface area (Å²) in [5, 5.41) is 9.34. The molecule has 10 heteroatoms. The molecule has 0 saturated carbocycles. The molecule has 1 aliphatic heterocycles. The van der Waals surface area contributed by atoms with Gasteiger partial charge in [-0.3, -0.25) is 14.4 Å². The molecule has 33 heavy (non-hydrogen) atoms. The van der Waals surface area contributed by atoms with E-state index < -0.39 is 48.4 Å². The van der Waals surface area contributed by atoms with Gasteiger partial charge in [-0.1, -0.05) is 20.8 Å². The molecule has 4 atom stereocenters. The molecule has 2 heterocycles. The maximum Gasteiger partial charge on any atom is 0.341 e. The molecule has 0 aromatic carbocycles. The van der Waals surface area contributed by atoms with Crippen LogP contribution >= 0.6 is 0 Å².